The predicted octanol–water partition coefficient (Wildman–Crippen LogP) is 1.40. The lowest BCUT2D eigenvalue weighted by Gasteiger charge is -2.23. The van der Waals surface area contributed by atoms with Crippen LogP contribution in [0, 0.1) is 0 Å². The fourth-order valence-electron chi connectivity index (χ4n) is 2.19. The summed E-state index contributed by atoms with van der Waals surface area (Å²) in [6.07, 6.45) is 2.47. The quantitative estimate of drug-likeness (QED) is 0.783. The average molecular weight is 285 g/mol. The van der Waals surface area contributed by atoms with E-state index in [1.165, 1.54) is 0 Å². The number of aliphatic hydroxyl groups excluding tert-OH is 1. The summed E-state index contributed by atoms with van der Waals surface area (Å²) in [7, 11) is 0. The second-order valence-electron chi connectivity index (χ2n) is 4.67. The summed E-state index contributed by atoms with van der Waals surface area (Å²) >= 11 is 0. The van der Waals surface area contributed by atoms with E-state index in [1.54, 1.807) is 0 Å². The van der Waals surface area contributed by atoms with Gasteiger partial charge in [0.2, 0.25) is 5.91 Å². The van der Waals surface area contributed by atoms with E-state index in [-0.39, 0.29) is 30.9 Å². The second kappa shape index (κ2) is 8.15. The fraction of sp³-hybridized carbons (Fsp3) is 0.500. The molecule has 0 radical (unpaired) electrons. The molecule has 4 nitrogen and oxygen atoms in total. The first kappa shape index (κ1) is 16.0. The Bertz CT molecular complexity index is 380. The van der Waals surface area contributed by atoms with Crippen molar-refractivity contribution in [3.63, 3.8) is 0 Å². The monoisotopic (exact) mass is 284 g/mol. The van der Waals surface area contributed by atoms with E-state index in [0.717, 1.165) is 31.4 Å². The molecule has 1 saturated heterocycles. The van der Waals surface area contributed by atoms with E-state index in [2.05, 4.69) is 10.6 Å². The van der Waals surface area contributed by atoms with Gasteiger partial charge in [-0.2, -0.15) is 0 Å². The number of amides is 1. The number of piperidine rings is 1. The number of rotatable bonds is 4. The maximum atomic E-state index is 11.8. The minimum absolute atomic E-state index is 0. The molecule has 1 heterocycles. The lowest BCUT2D eigenvalue weighted by Crippen LogP contribution is -2.47. The molecule has 1 amide bonds. The van der Waals surface area contributed by atoms with Crippen molar-refractivity contribution in [2.45, 2.75) is 31.4 Å². The summed E-state index contributed by atoms with van der Waals surface area (Å²) in [6, 6.07) is 9.28. The number of nitrogens with one attached hydrogen (secondary N) is 2. The molecule has 1 aliphatic rings. The highest BCUT2D eigenvalue weighted by Gasteiger charge is 2.20. The minimum Gasteiger partial charge on any atom is -0.387 e. The van der Waals surface area contributed by atoms with Crippen LogP contribution in [0.1, 0.15) is 30.9 Å². The van der Waals surface area contributed by atoms with E-state index < -0.39 is 6.10 Å². The largest absolute Gasteiger partial charge is 0.387 e. The van der Waals surface area contributed by atoms with Crippen molar-refractivity contribution >= 4 is 18.3 Å². The first-order chi connectivity index (χ1) is 8.77. The third-order valence-corrected chi connectivity index (χ3v) is 3.28. The van der Waals surface area contributed by atoms with Crippen LogP contribution < -0.4 is 10.6 Å². The Balaban J connectivity index is 0.00000180. The molecular formula is C14H21ClN2O2. The van der Waals surface area contributed by atoms with Crippen molar-refractivity contribution in [3.05, 3.63) is 35.9 Å². The standard InChI is InChI=1S/C14H20N2O2.ClH/c17-13(11-6-2-1-3-7-11)10-16-14(18)12-8-4-5-9-15-12;/h1-3,6-7,12-13,15,17H,4-5,8-10H2,(H,16,18);1H. The number of hydrogen-bond acceptors (Lipinski definition) is 3. The molecule has 1 fully saturated rings. The minimum atomic E-state index is -0.640. The summed E-state index contributed by atoms with van der Waals surface area (Å²) in [5.74, 6) is -0.00955. The molecule has 1 aromatic rings. The lowest BCUT2D eigenvalue weighted by molar-refractivity contribution is -0.124. The summed E-state index contributed by atoms with van der Waals surface area (Å²) in [5, 5.41) is 15.9. The maximum absolute atomic E-state index is 11.8. The normalized spacial score (nSPS) is 20.2. The SMILES string of the molecule is Cl.O=C(NCC(O)c1ccccc1)C1CCCCN1. The fourth-order valence-corrected chi connectivity index (χ4v) is 2.19. The highest BCUT2D eigenvalue weighted by Crippen LogP contribution is 2.11. The highest BCUT2D eigenvalue weighted by atomic mass is 35.5. The molecule has 2 rings (SSSR count). The van der Waals surface area contributed by atoms with Crippen LogP contribution in [0.25, 0.3) is 0 Å². The van der Waals surface area contributed by atoms with Crippen molar-refractivity contribution in [3.8, 4) is 0 Å². The van der Waals surface area contributed by atoms with Gasteiger partial charge in [-0.1, -0.05) is 36.8 Å². The zero-order valence-corrected chi connectivity index (χ0v) is 11.7. The Labute approximate surface area is 120 Å². The van der Waals surface area contributed by atoms with Crippen LogP contribution in [-0.4, -0.2) is 30.1 Å². The molecule has 1 aliphatic heterocycles. The van der Waals surface area contributed by atoms with Gasteiger partial charge in [-0.05, 0) is 24.9 Å². The van der Waals surface area contributed by atoms with E-state index >= 15 is 0 Å². The van der Waals surface area contributed by atoms with Gasteiger partial charge in [0.25, 0.3) is 0 Å². The van der Waals surface area contributed by atoms with Gasteiger partial charge in [-0.3, -0.25) is 4.79 Å². The topological polar surface area (TPSA) is 61.4 Å². The van der Waals surface area contributed by atoms with Gasteiger partial charge in [0, 0.05) is 6.54 Å². The number of halogens is 1. The highest BCUT2D eigenvalue weighted by molar-refractivity contribution is 5.85. The van der Waals surface area contributed by atoms with Crippen molar-refractivity contribution in [2.75, 3.05) is 13.1 Å². The summed E-state index contributed by atoms with van der Waals surface area (Å²) in [6.45, 7) is 1.17. The molecule has 106 valence electrons. The van der Waals surface area contributed by atoms with Crippen molar-refractivity contribution in [1.29, 1.82) is 0 Å². The smallest absolute Gasteiger partial charge is 0.237 e. The van der Waals surface area contributed by atoms with Gasteiger partial charge < -0.3 is 15.7 Å². The molecular weight excluding hydrogens is 264 g/mol. The number of carbonyl (C=O) groups is 1. The Morgan fingerprint density at radius 1 is 1.37 bits per heavy atom. The Kier molecular flexibility index (Phi) is 6.84. The van der Waals surface area contributed by atoms with Gasteiger partial charge in [-0.25, -0.2) is 0 Å². The Hall–Kier alpha value is -1.10. The molecule has 0 saturated carbocycles. The zero-order chi connectivity index (χ0) is 12.8. The molecule has 2 atom stereocenters. The predicted molar refractivity (Wildman–Crippen MR) is 77.3 cm³/mol. The summed E-state index contributed by atoms with van der Waals surface area (Å²) in [4.78, 5) is 11.8. The Morgan fingerprint density at radius 2 is 2.11 bits per heavy atom. The van der Waals surface area contributed by atoms with Crippen LogP contribution >= 0.6 is 12.4 Å². The molecule has 0 bridgehead atoms. The van der Waals surface area contributed by atoms with E-state index in [9.17, 15) is 9.90 Å². The Morgan fingerprint density at radius 3 is 2.74 bits per heavy atom. The molecule has 3 N–H and O–H groups in total. The van der Waals surface area contributed by atoms with E-state index in [4.69, 9.17) is 0 Å². The van der Waals surface area contributed by atoms with Crippen molar-refractivity contribution < 1.29 is 9.90 Å². The first-order valence-electron chi connectivity index (χ1n) is 6.51. The van der Waals surface area contributed by atoms with E-state index in [0.29, 0.717) is 0 Å². The first-order valence-corrected chi connectivity index (χ1v) is 6.51. The zero-order valence-electron chi connectivity index (χ0n) is 10.8. The molecule has 19 heavy (non-hydrogen) atoms. The summed E-state index contributed by atoms with van der Waals surface area (Å²) < 4.78 is 0. The molecule has 0 aromatic heterocycles. The number of carbonyl (C=O) groups excluding carboxylic acids is 1. The molecule has 1 aromatic carbocycles. The van der Waals surface area contributed by atoms with Gasteiger partial charge in [0.15, 0.2) is 0 Å². The molecule has 5 heteroatoms. The van der Waals surface area contributed by atoms with Crippen LogP contribution in [0.3, 0.4) is 0 Å². The summed E-state index contributed by atoms with van der Waals surface area (Å²) in [5.41, 5.74) is 0.828. The van der Waals surface area contributed by atoms with Gasteiger partial charge in [0.1, 0.15) is 0 Å². The van der Waals surface area contributed by atoms with Gasteiger partial charge in [-0.15, -0.1) is 12.4 Å². The molecule has 2 unspecified atom stereocenters. The average Bonchev–Trinajstić information content (AvgIpc) is 2.46. The number of hydrogen-bond donors (Lipinski definition) is 3. The number of benzene rings is 1. The van der Waals surface area contributed by atoms with Gasteiger partial charge >= 0.3 is 0 Å². The molecule has 0 aliphatic carbocycles. The van der Waals surface area contributed by atoms with E-state index in [1.807, 2.05) is 30.3 Å². The second-order valence-corrected chi connectivity index (χ2v) is 4.67. The lowest BCUT2D eigenvalue weighted by atomic mass is 10.0. The number of aliphatic hydroxyl groups is 1. The van der Waals surface area contributed by atoms with Crippen LogP contribution in [-0.2, 0) is 4.79 Å². The maximum Gasteiger partial charge on any atom is 0.237 e. The third kappa shape index (κ3) is 4.82. The third-order valence-electron chi connectivity index (χ3n) is 3.28. The van der Waals surface area contributed by atoms with Gasteiger partial charge in [0.05, 0.1) is 12.1 Å². The van der Waals surface area contributed by atoms with Crippen molar-refractivity contribution in [1.82, 2.24) is 10.6 Å². The van der Waals surface area contributed by atoms with Crippen LogP contribution in [0.4, 0.5) is 0 Å². The van der Waals surface area contributed by atoms with Crippen molar-refractivity contribution in [2.24, 2.45) is 0 Å². The molecule has 0 spiro atoms. The van der Waals surface area contributed by atoms with Crippen LogP contribution in [0.15, 0.2) is 30.3 Å². The van der Waals surface area contributed by atoms with Crippen LogP contribution in [0.5, 0.6) is 0 Å². The van der Waals surface area contributed by atoms with Crippen LogP contribution in [0.2, 0.25) is 0 Å².